The van der Waals surface area contributed by atoms with Gasteiger partial charge in [-0.2, -0.15) is 4.98 Å². The molecule has 3 heterocycles. The van der Waals surface area contributed by atoms with Crippen molar-refractivity contribution in [3.05, 3.63) is 29.9 Å². The fourth-order valence-electron chi connectivity index (χ4n) is 2.87. The van der Waals surface area contributed by atoms with Crippen LogP contribution in [0.3, 0.4) is 0 Å². The van der Waals surface area contributed by atoms with Crippen molar-refractivity contribution in [1.82, 2.24) is 24.6 Å². The molecular formula is C14H21N5O2. The molecule has 1 aliphatic heterocycles. The number of ether oxygens (including phenoxy) is 1. The number of aryl methyl sites for hydroxylation is 2. The van der Waals surface area contributed by atoms with E-state index >= 15 is 0 Å². The van der Waals surface area contributed by atoms with Gasteiger partial charge in [-0.15, -0.1) is 0 Å². The minimum atomic E-state index is 0.0955. The molecule has 0 radical (unpaired) electrons. The summed E-state index contributed by atoms with van der Waals surface area (Å²) in [7, 11) is 1.75. The number of hydrogen-bond acceptors (Lipinski definition) is 6. The maximum absolute atomic E-state index is 5.52. The summed E-state index contributed by atoms with van der Waals surface area (Å²) in [6.07, 6.45) is 4.90. The van der Waals surface area contributed by atoms with Crippen LogP contribution in [0.2, 0.25) is 0 Å². The van der Waals surface area contributed by atoms with Gasteiger partial charge in [-0.3, -0.25) is 4.90 Å². The lowest BCUT2D eigenvalue weighted by atomic mass is 10.2. The summed E-state index contributed by atoms with van der Waals surface area (Å²) in [6.45, 7) is 6.48. The molecule has 1 saturated heterocycles. The molecule has 1 aliphatic rings. The van der Waals surface area contributed by atoms with Crippen LogP contribution in [-0.2, 0) is 17.8 Å². The Hall–Kier alpha value is -1.73. The van der Waals surface area contributed by atoms with E-state index in [2.05, 4.69) is 31.5 Å². The van der Waals surface area contributed by atoms with E-state index < -0.39 is 0 Å². The number of rotatable bonds is 5. The Morgan fingerprint density at radius 1 is 1.48 bits per heavy atom. The fourth-order valence-corrected chi connectivity index (χ4v) is 2.87. The van der Waals surface area contributed by atoms with Crippen LogP contribution in [0.15, 0.2) is 16.9 Å². The zero-order valence-corrected chi connectivity index (χ0v) is 12.7. The molecule has 2 atom stereocenters. The third kappa shape index (κ3) is 2.84. The minimum absolute atomic E-state index is 0.0955. The molecule has 3 rings (SSSR count). The minimum Gasteiger partial charge on any atom is -0.380 e. The van der Waals surface area contributed by atoms with Crippen molar-refractivity contribution in [3.63, 3.8) is 0 Å². The largest absolute Gasteiger partial charge is 0.380 e. The van der Waals surface area contributed by atoms with Gasteiger partial charge in [0.05, 0.1) is 18.7 Å². The van der Waals surface area contributed by atoms with Crippen molar-refractivity contribution >= 4 is 0 Å². The molecule has 0 unspecified atom stereocenters. The highest BCUT2D eigenvalue weighted by molar-refractivity contribution is 5.01. The van der Waals surface area contributed by atoms with Crippen LogP contribution in [0.4, 0.5) is 0 Å². The Morgan fingerprint density at radius 2 is 2.33 bits per heavy atom. The van der Waals surface area contributed by atoms with Crippen molar-refractivity contribution in [3.8, 4) is 0 Å². The van der Waals surface area contributed by atoms with Crippen LogP contribution in [0, 0.1) is 6.92 Å². The average molecular weight is 291 g/mol. The molecule has 7 nitrogen and oxygen atoms in total. The van der Waals surface area contributed by atoms with E-state index in [0.29, 0.717) is 11.7 Å². The van der Waals surface area contributed by atoms with Gasteiger partial charge < -0.3 is 13.8 Å². The van der Waals surface area contributed by atoms with E-state index in [1.807, 2.05) is 19.3 Å². The molecule has 2 aromatic heterocycles. The van der Waals surface area contributed by atoms with E-state index in [9.17, 15) is 0 Å². The number of methoxy groups -OCH3 is 1. The summed E-state index contributed by atoms with van der Waals surface area (Å²) in [4.78, 5) is 11.1. The van der Waals surface area contributed by atoms with Gasteiger partial charge in [0.1, 0.15) is 5.82 Å². The van der Waals surface area contributed by atoms with Gasteiger partial charge in [0.2, 0.25) is 5.89 Å². The first-order chi connectivity index (χ1) is 10.2. The van der Waals surface area contributed by atoms with Crippen LogP contribution in [0.1, 0.15) is 36.9 Å². The van der Waals surface area contributed by atoms with Gasteiger partial charge in [0, 0.05) is 32.6 Å². The molecule has 114 valence electrons. The van der Waals surface area contributed by atoms with Gasteiger partial charge in [0.25, 0.3) is 0 Å². The highest BCUT2D eigenvalue weighted by Crippen LogP contribution is 2.33. The zero-order chi connectivity index (χ0) is 14.8. The van der Waals surface area contributed by atoms with E-state index in [1.54, 1.807) is 7.11 Å². The summed E-state index contributed by atoms with van der Waals surface area (Å²) in [5.74, 6) is 2.39. The van der Waals surface area contributed by atoms with Crippen molar-refractivity contribution < 1.29 is 9.26 Å². The highest BCUT2D eigenvalue weighted by atomic mass is 16.5. The van der Waals surface area contributed by atoms with Crippen molar-refractivity contribution in [2.24, 2.45) is 0 Å². The van der Waals surface area contributed by atoms with Crippen LogP contribution in [0.25, 0.3) is 0 Å². The van der Waals surface area contributed by atoms with Gasteiger partial charge in [-0.25, -0.2) is 4.98 Å². The number of aromatic nitrogens is 4. The first-order valence-electron chi connectivity index (χ1n) is 7.28. The van der Waals surface area contributed by atoms with Crippen LogP contribution < -0.4 is 0 Å². The molecule has 0 aromatic carbocycles. The van der Waals surface area contributed by atoms with Crippen molar-refractivity contribution in [2.45, 2.75) is 45.5 Å². The summed E-state index contributed by atoms with van der Waals surface area (Å²) in [6, 6.07) is 0.0955. The predicted octanol–water partition coefficient (Wildman–Crippen LogP) is 1.56. The third-order valence-corrected chi connectivity index (χ3v) is 4.01. The summed E-state index contributed by atoms with van der Waals surface area (Å²) in [5.41, 5.74) is 0. The quantitative estimate of drug-likeness (QED) is 0.832. The first kappa shape index (κ1) is 14.2. The molecule has 2 aromatic rings. The van der Waals surface area contributed by atoms with Gasteiger partial charge in [-0.1, -0.05) is 5.16 Å². The summed E-state index contributed by atoms with van der Waals surface area (Å²) >= 11 is 0. The van der Waals surface area contributed by atoms with Crippen LogP contribution in [0.5, 0.6) is 0 Å². The molecule has 21 heavy (non-hydrogen) atoms. The topological polar surface area (TPSA) is 69.2 Å². The molecular weight excluding hydrogens is 270 g/mol. The van der Waals surface area contributed by atoms with Gasteiger partial charge in [0.15, 0.2) is 5.82 Å². The molecule has 0 aliphatic carbocycles. The van der Waals surface area contributed by atoms with E-state index in [1.165, 1.54) is 0 Å². The first-order valence-corrected chi connectivity index (χ1v) is 7.28. The second-order valence-corrected chi connectivity index (χ2v) is 5.35. The monoisotopic (exact) mass is 291 g/mol. The molecule has 1 fully saturated rings. The number of likely N-dealkylation sites (tertiary alicyclic amines) is 1. The Morgan fingerprint density at radius 3 is 3.00 bits per heavy atom. The lowest BCUT2D eigenvalue weighted by molar-refractivity contribution is 0.106. The Bertz CT molecular complexity index is 594. The normalized spacial score (nSPS) is 23.0. The summed E-state index contributed by atoms with van der Waals surface area (Å²) < 4.78 is 13.0. The third-order valence-electron chi connectivity index (χ3n) is 4.01. The van der Waals surface area contributed by atoms with Gasteiger partial charge in [-0.05, 0) is 20.3 Å². The maximum Gasteiger partial charge on any atom is 0.244 e. The van der Waals surface area contributed by atoms with E-state index in [-0.39, 0.29) is 12.1 Å². The SMILES string of the molecule is CCn1ccnc1CN1C[C@H](OC)C[C@@H]1c1nc(C)no1. The standard InChI is InChI=1S/C14H21N5O2/c1-4-18-6-5-15-13(18)9-19-8-11(20-3)7-12(19)14-16-10(2)17-21-14/h5-6,11-12H,4,7-9H2,1-3H3/t11-,12-/m1/s1. The molecule has 0 N–H and O–H groups in total. The fraction of sp³-hybridized carbons (Fsp3) is 0.643. The number of imidazole rings is 1. The van der Waals surface area contributed by atoms with Gasteiger partial charge >= 0.3 is 0 Å². The van der Waals surface area contributed by atoms with Crippen LogP contribution in [-0.4, -0.2) is 44.4 Å². The van der Waals surface area contributed by atoms with Crippen molar-refractivity contribution in [1.29, 1.82) is 0 Å². The average Bonchev–Trinajstić information content (AvgIpc) is 3.18. The van der Waals surface area contributed by atoms with E-state index in [4.69, 9.17) is 9.26 Å². The Balaban J connectivity index is 1.80. The Kier molecular flexibility index (Phi) is 4.03. The molecule has 0 spiro atoms. The van der Waals surface area contributed by atoms with Crippen LogP contribution >= 0.6 is 0 Å². The highest BCUT2D eigenvalue weighted by Gasteiger charge is 2.37. The summed E-state index contributed by atoms with van der Waals surface area (Å²) in [5, 5.41) is 3.90. The molecule has 0 amide bonds. The second kappa shape index (κ2) is 5.95. The van der Waals surface area contributed by atoms with Crippen molar-refractivity contribution in [2.75, 3.05) is 13.7 Å². The maximum atomic E-state index is 5.52. The zero-order valence-electron chi connectivity index (χ0n) is 12.7. The lowest BCUT2D eigenvalue weighted by Crippen LogP contribution is -2.26. The van der Waals surface area contributed by atoms with E-state index in [0.717, 1.165) is 31.9 Å². The predicted molar refractivity (Wildman–Crippen MR) is 75.5 cm³/mol. The number of nitrogens with zero attached hydrogens (tertiary/aromatic N) is 5. The number of hydrogen-bond donors (Lipinski definition) is 0. The molecule has 0 saturated carbocycles. The molecule has 0 bridgehead atoms. The second-order valence-electron chi connectivity index (χ2n) is 5.35. The smallest absolute Gasteiger partial charge is 0.244 e. The Labute approximate surface area is 123 Å². The lowest BCUT2D eigenvalue weighted by Gasteiger charge is -2.21. The molecule has 7 heteroatoms.